The van der Waals surface area contributed by atoms with Gasteiger partial charge in [0.25, 0.3) is 5.91 Å². The molecule has 1 fully saturated rings. The molecule has 4 rings (SSSR count). The lowest BCUT2D eigenvalue weighted by atomic mass is 10.1. The lowest BCUT2D eigenvalue weighted by Crippen LogP contribution is -2.30. The van der Waals surface area contributed by atoms with Crippen molar-refractivity contribution in [1.82, 2.24) is 14.9 Å². The molecule has 3 aromatic rings. The Labute approximate surface area is 154 Å². The number of amides is 1. The van der Waals surface area contributed by atoms with Gasteiger partial charge >= 0.3 is 0 Å². The average Bonchev–Trinajstić information content (AvgIpc) is 3.37. The second kappa shape index (κ2) is 6.98. The van der Waals surface area contributed by atoms with E-state index in [2.05, 4.69) is 9.97 Å². The first-order valence-corrected chi connectivity index (χ1v) is 9.35. The third kappa shape index (κ3) is 3.32. The Kier molecular flexibility index (Phi) is 4.55. The highest BCUT2D eigenvalue weighted by Crippen LogP contribution is 2.33. The fraction of sp³-hybridized carbons (Fsp3) is 0.278. The third-order valence-electron chi connectivity index (χ3n) is 4.34. The summed E-state index contributed by atoms with van der Waals surface area (Å²) in [5.41, 5.74) is 2.67. The van der Waals surface area contributed by atoms with E-state index >= 15 is 0 Å². The molecule has 0 saturated carbocycles. The van der Waals surface area contributed by atoms with Crippen LogP contribution >= 0.6 is 22.9 Å². The number of carbonyl (C=O) groups excluding carboxylic acids is 1. The molecule has 0 radical (unpaired) electrons. The van der Waals surface area contributed by atoms with Gasteiger partial charge in [-0.3, -0.25) is 9.78 Å². The summed E-state index contributed by atoms with van der Waals surface area (Å²) in [6.07, 6.45) is 5.73. The van der Waals surface area contributed by atoms with Crippen molar-refractivity contribution in [2.75, 3.05) is 6.54 Å². The Morgan fingerprint density at radius 1 is 1.36 bits per heavy atom. The summed E-state index contributed by atoms with van der Waals surface area (Å²) in [6.45, 7) is 0.712. The summed E-state index contributed by atoms with van der Waals surface area (Å²) < 4.78 is 5.95. The first-order chi connectivity index (χ1) is 12.2. The fourth-order valence-corrected chi connectivity index (χ4v) is 3.89. The van der Waals surface area contributed by atoms with Crippen molar-refractivity contribution in [2.45, 2.75) is 25.3 Å². The Morgan fingerprint density at radius 2 is 2.24 bits per heavy atom. The minimum absolute atomic E-state index is 0.00384. The van der Waals surface area contributed by atoms with E-state index in [-0.39, 0.29) is 11.9 Å². The molecule has 2 aromatic heterocycles. The molecule has 1 aliphatic rings. The zero-order valence-corrected chi connectivity index (χ0v) is 15.0. The number of hydrogen-bond acceptors (Lipinski definition) is 5. The van der Waals surface area contributed by atoms with E-state index in [1.54, 1.807) is 17.9 Å². The van der Waals surface area contributed by atoms with Gasteiger partial charge in [-0.1, -0.05) is 29.8 Å². The molecule has 1 amide bonds. The molecule has 1 saturated heterocycles. The van der Waals surface area contributed by atoms with Crippen molar-refractivity contribution in [3.8, 4) is 0 Å². The van der Waals surface area contributed by atoms with Crippen LogP contribution in [0.1, 0.15) is 45.8 Å². The third-order valence-corrected chi connectivity index (χ3v) is 5.47. The average molecular weight is 374 g/mol. The number of likely N-dealkylation sites (tertiary alicyclic amines) is 1. The van der Waals surface area contributed by atoms with E-state index in [1.807, 2.05) is 29.2 Å². The lowest BCUT2D eigenvalue weighted by molar-refractivity contribution is 0.0719. The summed E-state index contributed by atoms with van der Waals surface area (Å²) in [5, 5.41) is 0.711. The van der Waals surface area contributed by atoms with Gasteiger partial charge in [0.15, 0.2) is 0 Å². The number of hydrogen-bond donors (Lipinski definition) is 0. The molecule has 25 heavy (non-hydrogen) atoms. The van der Waals surface area contributed by atoms with Crippen molar-refractivity contribution < 1.29 is 9.21 Å². The smallest absolute Gasteiger partial charge is 0.266 e. The summed E-state index contributed by atoms with van der Waals surface area (Å²) in [6, 6.07) is 7.57. The van der Waals surface area contributed by atoms with Crippen LogP contribution < -0.4 is 0 Å². The molecule has 0 bridgehead atoms. The van der Waals surface area contributed by atoms with Crippen LogP contribution in [0.4, 0.5) is 0 Å². The zero-order chi connectivity index (χ0) is 17.2. The summed E-state index contributed by atoms with van der Waals surface area (Å²) in [5.74, 6) is 1.34. The van der Waals surface area contributed by atoms with Crippen LogP contribution in [0.3, 0.4) is 0 Å². The van der Waals surface area contributed by atoms with Crippen LogP contribution in [0, 0.1) is 0 Å². The molecular formula is C18H16ClN3O2S. The standard InChI is InChI=1S/C18H16ClN3O2S/c19-14-5-2-1-4-12(14)8-13-9-21-17(24-13)15-6-3-7-22(15)18(23)16-10-20-11-25-16/h1-2,4-5,9-11,15H,3,6-8H2/t15-/m1/s1. The molecule has 0 spiro atoms. The molecule has 128 valence electrons. The number of rotatable bonds is 4. The summed E-state index contributed by atoms with van der Waals surface area (Å²) in [7, 11) is 0. The molecular weight excluding hydrogens is 358 g/mol. The van der Waals surface area contributed by atoms with Gasteiger partial charge in [-0.25, -0.2) is 4.98 Å². The molecule has 1 aliphatic heterocycles. The van der Waals surface area contributed by atoms with Gasteiger partial charge < -0.3 is 9.32 Å². The maximum absolute atomic E-state index is 12.6. The maximum Gasteiger partial charge on any atom is 0.266 e. The van der Waals surface area contributed by atoms with Crippen molar-refractivity contribution in [3.05, 3.63) is 69.3 Å². The van der Waals surface area contributed by atoms with Crippen molar-refractivity contribution >= 4 is 28.8 Å². The Bertz CT molecular complexity index is 878. The second-order valence-corrected chi connectivity index (χ2v) is 7.25. The first-order valence-electron chi connectivity index (χ1n) is 8.10. The topological polar surface area (TPSA) is 59.2 Å². The van der Waals surface area contributed by atoms with E-state index < -0.39 is 0 Å². The highest BCUT2D eigenvalue weighted by atomic mass is 35.5. The first kappa shape index (κ1) is 16.3. The molecule has 3 heterocycles. The normalized spacial score (nSPS) is 17.2. The van der Waals surface area contributed by atoms with Crippen LogP contribution in [0.25, 0.3) is 0 Å². The quantitative estimate of drug-likeness (QED) is 0.682. The molecule has 5 nitrogen and oxygen atoms in total. The monoisotopic (exact) mass is 373 g/mol. The van der Waals surface area contributed by atoms with Gasteiger partial charge in [-0.15, -0.1) is 11.3 Å². The second-order valence-electron chi connectivity index (χ2n) is 5.96. The van der Waals surface area contributed by atoms with E-state index in [0.29, 0.717) is 28.8 Å². The number of halogens is 1. The largest absolute Gasteiger partial charge is 0.443 e. The SMILES string of the molecule is O=C(c1cncs1)N1CCC[C@@H]1c1ncc(Cc2ccccc2Cl)o1. The number of nitrogens with zero attached hydrogens (tertiary/aromatic N) is 3. The van der Waals surface area contributed by atoms with Crippen LogP contribution in [-0.2, 0) is 6.42 Å². The van der Waals surface area contributed by atoms with Crippen LogP contribution in [0.15, 0.2) is 46.6 Å². The number of thiazole rings is 1. The molecule has 0 aliphatic carbocycles. The highest BCUT2D eigenvalue weighted by Gasteiger charge is 2.34. The van der Waals surface area contributed by atoms with Crippen molar-refractivity contribution in [3.63, 3.8) is 0 Å². The molecule has 1 aromatic carbocycles. The van der Waals surface area contributed by atoms with E-state index in [1.165, 1.54) is 11.3 Å². The van der Waals surface area contributed by atoms with E-state index in [0.717, 1.165) is 24.2 Å². The molecule has 0 N–H and O–H groups in total. The van der Waals surface area contributed by atoms with E-state index in [4.69, 9.17) is 16.0 Å². The Morgan fingerprint density at radius 3 is 3.04 bits per heavy atom. The highest BCUT2D eigenvalue weighted by molar-refractivity contribution is 7.11. The van der Waals surface area contributed by atoms with Crippen LogP contribution in [0.2, 0.25) is 5.02 Å². The molecule has 0 unspecified atom stereocenters. The van der Waals surface area contributed by atoms with Gasteiger partial charge in [-0.2, -0.15) is 0 Å². The summed E-state index contributed by atoms with van der Waals surface area (Å²) >= 11 is 7.57. The number of oxazole rings is 1. The maximum atomic E-state index is 12.6. The minimum atomic E-state index is -0.116. The number of aromatic nitrogens is 2. The summed E-state index contributed by atoms with van der Waals surface area (Å²) in [4.78, 5) is 23.5. The lowest BCUT2D eigenvalue weighted by Gasteiger charge is -2.21. The Hall–Kier alpha value is -2.18. The Balaban J connectivity index is 1.53. The van der Waals surface area contributed by atoms with E-state index in [9.17, 15) is 4.79 Å². The molecule has 7 heteroatoms. The van der Waals surface area contributed by atoms with Crippen molar-refractivity contribution in [2.24, 2.45) is 0 Å². The van der Waals surface area contributed by atoms with Gasteiger partial charge in [-0.05, 0) is 24.5 Å². The van der Waals surface area contributed by atoms with Gasteiger partial charge in [0.05, 0.1) is 17.9 Å². The fourth-order valence-electron chi connectivity index (χ4n) is 3.12. The minimum Gasteiger partial charge on any atom is -0.443 e. The van der Waals surface area contributed by atoms with Crippen LogP contribution in [-0.4, -0.2) is 27.3 Å². The number of benzene rings is 1. The van der Waals surface area contributed by atoms with Gasteiger partial charge in [0, 0.05) is 18.0 Å². The number of carbonyl (C=O) groups is 1. The van der Waals surface area contributed by atoms with Gasteiger partial charge in [0.1, 0.15) is 16.7 Å². The van der Waals surface area contributed by atoms with Crippen LogP contribution in [0.5, 0.6) is 0 Å². The predicted octanol–water partition coefficient (Wildman–Crippen LogP) is 4.35. The van der Waals surface area contributed by atoms with Crippen molar-refractivity contribution in [1.29, 1.82) is 0 Å². The zero-order valence-electron chi connectivity index (χ0n) is 13.4. The molecule has 1 atom stereocenters. The predicted molar refractivity (Wildman–Crippen MR) is 95.9 cm³/mol. The van der Waals surface area contributed by atoms with Gasteiger partial charge in [0.2, 0.25) is 5.89 Å².